The second-order valence-electron chi connectivity index (χ2n) is 5.00. The van der Waals surface area contributed by atoms with Crippen LogP contribution in [-0.2, 0) is 11.2 Å². The normalized spacial score (nSPS) is 17.6. The highest BCUT2D eigenvalue weighted by Crippen LogP contribution is 2.36. The van der Waals surface area contributed by atoms with Gasteiger partial charge in [0.1, 0.15) is 0 Å². The highest BCUT2D eigenvalue weighted by atomic mass is 16.2. The smallest absolute Gasteiger partial charge is 0.230 e. The fourth-order valence-electron chi connectivity index (χ4n) is 2.46. The van der Waals surface area contributed by atoms with Crippen LogP contribution in [0.2, 0.25) is 0 Å². The summed E-state index contributed by atoms with van der Waals surface area (Å²) in [7, 11) is 0. The van der Waals surface area contributed by atoms with Crippen molar-refractivity contribution in [2.24, 2.45) is 5.92 Å². The first-order valence-electron chi connectivity index (χ1n) is 7.16. The molecule has 0 radical (unpaired) electrons. The number of carbonyl (C=O) groups is 1. The number of hydrogen-bond donors (Lipinski definition) is 0. The van der Waals surface area contributed by atoms with Crippen LogP contribution in [0.3, 0.4) is 0 Å². The van der Waals surface area contributed by atoms with Crippen molar-refractivity contribution in [3.8, 4) is 0 Å². The molecule has 18 heavy (non-hydrogen) atoms. The van der Waals surface area contributed by atoms with Crippen molar-refractivity contribution in [2.45, 2.75) is 46.5 Å². The summed E-state index contributed by atoms with van der Waals surface area (Å²) in [5, 5.41) is 0. The molecule has 1 aromatic rings. The van der Waals surface area contributed by atoms with E-state index in [1.807, 2.05) is 18.7 Å². The van der Waals surface area contributed by atoms with Gasteiger partial charge in [-0.25, -0.2) is 0 Å². The summed E-state index contributed by atoms with van der Waals surface area (Å²) in [5.41, 5.74) is 3.75. The minimum absolute atomic E-state index is 0.325. The number of rotatable bonds is 1. The molecule has 1 amide bonds. The molecule has 3 rings (SSSR count). The van der Waals surface area contributed by atoms with Gasteiger partial charge in [-0.15, -0.1) is 0 Å². The van der Waals surface area contributed by atoms with Crippen molar-refractivity contribution in [1.82, 2.24) is 0 Å². The van der Waals surface area contributed by atoms with E-state index in [0.29, 0.717) is 11.8 Å². The molecule has 2 aliphatic rings. The lowest BCUT2D eigenvalue weighted by Gasteiger charge is -2.30. The molecule has 0 bridgehead atoms. The van der Waals surface area contributed by atoms with Gasteiger partial charge in [0.15, 0.2) is 0 Å². The molecule has 0 aromatic heterocycles. The van der Waals surface area contributed by atoms with Gasteiger partial charge in [-0.3, -0.25) is 4.79 Å². The molecule has 0 unspecified atom stereocenters. The van der Waals surface area contributed by atoms with E-state index in [4.69, 9.17) is 0 Å². The van der Waals surface area contributed by atoms with Gasteiger partial charge in [0.25, 0.3) is 0 Å². The second kappa shape index (κ2) is 5.55. The summed E-state index contributed by atoms with van der Waals surface area (Å²) in [6.07, 6.45) is 4.41. The van der Waals surface area contributed by atoms with E-state index in [2.05, 4.69) is 25.1 Å². The number of hydrogen-bond acceptors (Lipinski definition) is 1. The number of aryl methyl sites for hydroxylation is 2. The SMILES string of the molecule is CC.Cc1ccc2c(c1)N(C(=O)C1CC1)CCC2. The molecule has 2 heteroatoms. The monoisotopic (exact) mass is 245 g/mol. The quantitative estimate of drug-likeness (QED) is 0.738. The van der Waals surface area contributed by atoms with Crippen LogP contribution in [0, 0.1) is 12.8 Å². The first-order valence-corrected chi connectivity index (χ1v) is 7.16. The summed E-state index contributed by atoms with van der Waals surface area (Å²) < 4.78 is 0. The van der Waals surface area contributed by atoms with Crippen LogP contribution in [0.15, 0.2) is 18.2 Å². The van der Waals surface area contributed by atoms with E-state index in [1.54, 1.807) is 0 Å². The molecule has 98 valence electrons. The van der Waals surface area contributed by atoms with E-state index in [0.717, 1.165) is 32.2 Å². The molecule has 0 N–H and O–H groups in total. The van der Waals surface area contributed by atoms with Gasteiger partial charge in [-0.1, -0.05) is 26.0 Å². The third-order valence-electron chi connectivity index (χ3n) is 3.55. The van der Waals surface area contributed by atoms with Crippen molar-refractivity contribution in [3.63, 3.8) is 0 Å². The Hall–Kier alpha value is -1.31. The predicted octanol–water partition coefficient (Wildman–Crippen LogP) is 3.71. The maximum Gasteiger partial charge on any atom is 0.230 e. The number of nitrogens with zero attached hydrogens (tertiary/aromatic N) is 1. The lowest BCUT2D eigenvalue weighted by atomic mass is 9.99. The van der Waals surface area contributed by atoms with Gasteiger partial charge in [0.05, 0.1) is 0 Å². The topological polar surface area (TPSA) is 20.3 Å². The van der Waals surface area contributed by atoms with Gasteiger partial charge in [-0.05, 0) is 49.8 Å². The lowest BCUT2D eigenvalue weighted by Crippen LogP contribution is -2.36. The molecule has 0 spiro atoms. The van der Waals surface area contributed by atoms with E-state index in [9.17, 15) is 4.79 Å². The van der Waals surface area contributed by atoms with Gasteiger partial charge in [0, 0.05) is 18.2 Å². The largest absolute Gasteiger partial charge is 0.312 e. The molecular weight excluding hydrogens is 222 g/mol. The minimum Gasteiger partial charge on any atom is -0.312 e. The highest BCUT2D eigenvalue weighted by molar-refractivity contribution is 5.97. The van der Waals surface area contributed by atoms with Crippen molar-refractivity contribution < 1.29 is 4.79 Å². The molecule has 1 aliphatic carbocycles. The average Bonchev–Trinajstić information content (AvgIpc) is 3.24. The molecule has 0 atom stereocenters. The van der Waals surface area contributed by atoms with Crippen LogP contribution in [0.1, 0.15) is 44.2 Å². The van der Waals surface area contributed by atoms with Crippen LogP contribution in [-0.4, -0.2) is 12.5 Å². The maximum atomic E-state index is 12.2. The van der Waals surface area contributed by atoms with Gasteiger partial charge >= 0.3 is 0 Å². The van der Waals surface area contributed by atoms with E-state index >= 15 is 0 Å². The molecular formula is C16H23NO. The zero-order valence-corrected chi connectivity index (χ0v) is 11.7. The number of benzene rings is 1. The van der Waals surface area contributed by atoms with Crippen LogP contribution in [0.5, 0.6) is 0 Å². The Morgan fingerprint density at radius 3 is 2.67 bits per heavy atom. The third-order valence-corrected chi connectivity index (χ3v) is 3.55. The zero-order chi connectivity index (χ0) is 13.1. The van der Waals surface area contributed by atoms with Crippen molar-refractivity contribution >= 4 is 11.6 Å². The Bertz CT molecular complexity index is 435. The molecule has 1 aliphatic heterocycles. The summed E-state index contributed by atoms with van der Waals surface area (Å²) >= 11 is 0. The molecule has 1 aromatic carbocycles. The zero-order valence-electron chi connectivity index (χ0n) is 11.7. The summed E-state index contributed by atoms with van der Waals surface area (Å²) in [5.74, 6) is 0.679. The number of fused-ring (bicyclic) bond motifs is 1. The fraction of sp³-hybridized carbons (Fsp3) is 0.562. The van der Waals surface area contributed by atoms with Crippen molar-refractivity contribution in [3.05, 3.63) is 29.3 Å². The van der Waals surface area contributed by atoms with E-state index in [1.165, 1.54) is 16.8 Å². The average molecular weight is 245 g/mol. The Balaban J connectivity index is 0.000000574. The maximum absolute atomic E-state index is 12.2. The minimum atomic E-state index is 0.325. The van der Waals surface area contributed by atoms with E-state index < -0.39 is 0 Å². The Labute approximate surface area is 110 Å². The molecule has 1 saturated carbocycles. The van der Waals surface area contributed by atoms with Crippen LogP contribution >= 0.6 is 0 Å². The van der Waals surface area contributed by atoms with Crippen molar-refractivity contribution in [2.75, 3.05) is 11.4 Å². The molecule has 2 nitrogen and oxygen atoms in total. The molecule has 1 fully saturated rings. The third kappa shape index (κ3) is 2.58. The van der Waals surface area contributed by atoms with Crippen LogP contribution < -0.4 is 4.90 Å². The van der Waals surface area contributed by atoms with Gasteiger partial charge in [0.2, 0.25) is 5.91 Å². The first-order chi connectivity index (χ1) is 8.75. The number of anilines is 1. The Kier molecular flexibility index (Phi) is 4.05. The number of carbonyl (C=O) groups excluding carboxylic acids is 1. The fourth-order valence-corrected chi connectivity index (χ4v) is 2.46. The highest BCUT2D eigenvalue weighted by Gasteiger charge is 2.35. The Morgan fingerprint density at radius 2 is 2.00 bits per heavy atom. The van der Waals surface area contributed by atoms with Crippen LogP contribution in [0.25, 0.3) is 0 Å². The Morgan fingerprint density at radius 1 is 1.28 bits per heavy atom. The standard InChI is InChI=1S/C14H17NO.C2H6/c1-10-4-5-11-3-2-8-15(13(11)9-10)14(16)12-6-7-12;1-2/h4-5,9,12H,2-3,6-8H2,1H3;1-2H3. The number of amides is 1. The predicted molar refractivity (Wildman–Crippen MR) is 75.9 cm³/mol. The summed E-state index contributed by atoms with van der Waals surface area (Å²) in [4.78, 5) is 14.2. The summed E-state index contributed by atoms with van der Waals surface area (Å²) in [6.45, 7) is 7.00. The van der Waals surface area contributed by atoms with E-state index in [-0.39, 0.29) is 0 Å². The van der Waals surface area contributed by atoms with Gasteiger partial charge in [-0.2, -0.15) is 0 Å². The second-order valence-corrected chi connectivity index (χ2v) is 5.00. The van der Waals surface area contributed by atoms with Crippen LogP contribution in [0.4, 0.5) is 5.69 Å². The van der Waals surface area contributed by atoms with Gasteiger partial charge < -0.3 is 4.90 Å². The molecule has 0 saturated heterocycles. The first kappa shape index (κ1) is 13.1. The van der Waals surface area contributed by atoms with Crippen molar-refractivity contribution in [1.29, 1.82) is 0 Å². The summed E-state index contributed by atoms with van der Waals surface area (Å²) in [6, 6.07) is 6.48. The lowest BCUT2D eigenvalue weighted by molar-refractivity contribution is -0.119. The molecule has 1 heterocycles.